The molecule has 0 heterocycles. The van der Waals surface area contributed by atoms with E-state index in [1.165, 1.54) is 0 Å². The molecule has 0 aromatic rings. The lowest BCUT2D eigenvalue weighted by Gasteiger charge is -2.17. The second-order valence-electron chi connectivity index (χ2n) is 3.16. The number of carboxylic acids is 2. The molecule has 0 radical (unpaired) electrons. The van der Waals surface area contributed by atoms with E-state index in [0.717, 1.165) is 0 Å². The lowest BCUT2D eigenvalue weighted by atomic mass is 10.2. The molecule has 0 rings (SSSR count). The molecule has 0 aliphatic rings. The summed E-state index contributed by atoms with van der Waals surface area (Å²) in [6.07, 6.45) is 0.424. The van der Waals surface area contributed by atoms with Crippen LogP contribution in [0.5, 0.6) is 0 Å². The van der Waals surface area contributed by atoms with Crippen LogP contribution in [0, 0.1) is 0 Å². The molecule has 2 atom stereocenters. The minimum Gasteiger partial charge on any atom is -0.480 e. The fourth-order valence-electron chi connectivity index (χ4n) is 1.16. The first-order valence-corrected chi connectivity index (χ1v) is 4.95. The van der Waals surface area contributed by atoms with Crippen LogP contribution in [-0.4, -0.2) is 47.3 Å². The first kappa shape index (κ1) is 13.9. The summed E-state index contributed by atoms with van der Waals surface area (Å²) in [7, 11) is 0. The fraction of sp³-hybridized carbons (Fsp3) is 0.778. The average Bonchev–Trinajstić information content (AvgIpc) is 2.16. The highest BCUT2D eigenvalue weighted by Gasteiger charge is 2.20. The predicted octanol–water partition coefficient (Wildman–Crippen LogP) is -0.498. The highest BCUT2D eigenvalue weighted by molar-refractivity contribution is 5.75. The van der Waals surface area contributed by atoms with Gasteiger partial charge in [-0.15, -0.1) is 0 Å². The van der Waals surface area contributed by atoms with Gasteiger partial charge in [0.15, 0.2) is 0 Å². The SMILES string of the molecule is CCN[C@@H](CN[C@@H](CC)C(=O)O)C(=O)O. The van der Waals surface area contributed by atoms with Gasteiger partial charge in [0.2, 0.25) is 0 Å². The minimum absolute atomic E-state index is 0.105. The van der Waals surface area contributed by atoms with Crippen molar-refractivity contribution in [3.05, 3.63) is 0 Å². The fourth-order valence-corrected chi connectivity index (χ4v) is 1.16. The Hall–Kier alpha value is -1.14. The Morgan fingerprint density at radius 1 is 1.07 bits per heavy atom. The molecule has 0 saturated carbocycles. The summed E-state index contributed by atoms with van der Waals surface area (Å²) in [4.78, 5) is 21.4. The topological polar surface area (TPSA) is 98.7 Å². The molecule has 0 unspecified atom stereocenters. The molecule has 0 bridgehead atoms. The van der Waals surface area contributed by atoms with Crippen molar-refractivity contribution in [3.8, 4) is 0 Å². The van der Waals surface area contributed by atoms with E-state index in [0.29, 0.717) is 13.0 Å². The van der Waals surface area contributed by atoms with E-state index in [2.05, 4.69) is 10.6 Å². The van der Waals surface area contributed by atoms with E-state index >= 15 is 0 Å². The minimum atomic E-state index is -0.982. The molecule has 0 aromatic heterocycles. The van der Waals surface area contributed by atoms with Crippen molar-refractivity contribution < 1.29 is 19.8 Å². The van der Waals surface area contributed by atoms with Crippen LogP contribution in [-0.2, 0) is 9.59 Å². The number of hydrogen-bond donors (Lipinski definition) is 4. The number of rotatable bonds is 8. The van der Waals surface area contributed by atoms with Crippen molar-refractivity contribution in [3.63, 3.8) is 0 Å². The number of carbonyl (C=O) groups is 2. The molecule has 4 N–H and O–H groups in total. The standard InChI is InChI=1S/C9H18N2O4/c1-3-6(8(12)13)11-5-7(9(14)15)10-4-2/h6-7,10-11H,3-5H2,1-2H3,(H,12,13)(H,14,15)/t6-,7-/m0/s1. The van der Waals surface area contributed by atoms with Gasteiger partial charge >= 0.3 is 11.9 Å². The number of hydrogen-bond acceptors (Lipinski definition) is 4. The summed E-state index contributed by atoms with van der Waals surface area (Å²) in [5.74, 6) is -1.94. The van der Waals surface area contributed by atoms with Gasteiger partial charge in [-0.3, -0.25) is 9.59 Å². The van der Waals surface area contributed by atoms with Crippen LogP contribution >= 0.6 is 0 Å². The van der Waals surface area contributed by atoms with Gasteiger partial charge in [0, 0.05) is 6.54 Å². The van der Waals surface area contributed by atoms with E-state index < -0.39 is 24.0 Å². The van der Waals surface area contributed by atoms with Gasteiger partial charge in [0.05, 0.1) is 0 Å². The first-order chi connectivity index (χ1) is 7.02. The molecular weight excluding hydrogens is 200 g/mol. The van der Waals surface area contributed by atoms with Gasteiger partial charge in [-0.05, 0) is 13.0 Å². The van der Waals surface area contributed by atoms with E-state index in [4.69, 9.17) is 10.2 Å². The summed E-state index contributed by atoms with van der Waals surface area (Å²) in [5.41, 5.74) is 0. The normalized spacial score (nSPS) is 14.5. The van der Waals surface area contributed by atoms with Crippen molar-refractivity contribution in [2.24, 2.45) is 0 Å². The van der Waals surface area contributed by atoms with Crippen LogP contribution in [0.4, 0.5) is 0 Å². The highest BCUT2D eigenvalue weighted by atomic mass is 16.4. The number of carboxylic acid groups (broad SMARTS) is 2. The molecule has 0 fully saturated rings. The third kappa shape index (κ3) is 5.34. The summed E-state index contributed by atoms with van der Waals surface area (Å²) >= 11 is 0. The van der Waals surface area contributed by atoms with E-state index in [1.807, 2.05) is 0 Å². The molecule has 0 amide bonds. The molecule has 6 heteroatoms. The van der Waals surface area contributed by atoms with Crippen LogP contribution in [0.2, 0.25) is 0 Å². The Bertz CT molecular complexity index is 220. The van der Waals surface area contributed by atoms with E-state index in [1.54, 1.807) is 13.8 Å². The van der Waals surface area contributed by atoms with E-state index in [-0.39, 0.29) is 6.54 Å². The third-order valence-corrected chi connectivity index (χ3v) is 2.02. The largest absolute Gasteiger partial charge is 0.480 e. The van der Waals surface area contributed by atoms with Gasteiger partial charge in [-0.25, -0.2) is 0 Å². The maximum absolute atomic E-state index is 10.7. The van der Waals surface area contributed by atoms with Crippen LogP contribution in [0.25, 0.3) is 0 Å². The Labute approximate surface area is 88.7 Å². The molecular formula is C9H18N2O4. The molecule has 15 heavy (non-hydrogen) atoms. The van der Waals surface area contributed by atoms with Crippen LogP contribution in [0.3, 0.4) is 0 Å². The molecule has 6 nitrogen and oxygen atoms in total. The quantitative estimate of drug-likeness (QED) is 0.438. The molecule has 0 spiro atoms. The van der Waals surface area contributed by atoms with Gasteiger partial charge in [-0.1, -0.05) is 13.8 Å². The van der Waals surface area contributed by atoms with Crippen molar-refractivity contribution in [1.29, 1.82) is 0 Å². The second-order valence-corrected chi connectivity index (χ2v) is 3.16. The number of nitrogens with one attached hydrogen (secondary N) is 2. The predicted molar refractivity (Wildman–Crippen MR) is 54.8 cm³/mol. The molecule has 0 aliphatic heterocycles. The van der Waals surface area contributed by atoms with Crippen LogP contribution < -0.4 is 10.6 Å². The first-order valence-electron chi connectivity index (χ1n) is 4.95. The summed E-state index contributed by atoms with van der Waals surface area (Å²) in [6.45, 7) is 4.16. The van der Waals surface area contributed by atoms with Crippen molar-refractivity contribution >= 4 is 11.9 Å². The number of aliphatic carboxylic acids is 2. The zero-order chi connectivity index (χ0) is 11.8. The lowest BCUT2D eigenvalue weighted by molar-refractivity contribution is -0.142. The monoisotopic (exact) mass is 218 g/mol. The Morgan fingerprint density at radius 3 is 1.93 bits per heavy atom. The van der Waals surface area contributed by atoms with Crippen molar-refractivity contribution in [2.45, 2.75) is 32.4 Å². The van der Waals surface area contributed by atoms with Gasteiger partial charge < -0.3 is 20.8 Å². The maximum atomic E-state index is 10.7. The summed E-state index contributed by atoms with van der Waals surface area (Å²) < 4.78 is 0. The number of likely N-dealkylation sites (N-methyl/N-ethyl adjacent to an activating group) is 1. The Balaban J connectivity index is 4.07. The molecule has 88 valence electrons. The van der Waals surface area contributed by atoms with Crippen LogP contribution in [0.1, 0.15) is 20.3 Å². The smallest absolute Gasteiger partial charge is 0.322 e. The Morgan fingerprint density at radius 2 is 1.60 bits per heavy atom. The molecule has 0 saturated heterocycles. The lowest BCUT2D eigenvalue weighted by Crippen LogP contribution is -2.48. The summed E-state index contributed by atoms with van der Waals surface area (Å²) in [6, 6.07) is -1.44. The zero-order valence-corrected chi connectivity index (χ0v) is 8.99. The van der Waals surface area contributed by atoms with Gasteiger partial charge in [-0.2, -0.15) is 0 Å². The van der Waals surface area contributed by atoms with Gasteiger partial charge in [0.25, 0.3) is 0 Å². The molecule has 0 aromatic carbocycles. The zero-order valence-electron chi connectivity index (χ0n) is 8.99. The third-order valence-electron chi connectivity index (χ3n) is 2.02. The average molecular weight is 218 g/mol. The maximum Gasteiger partial charge on any atom is 0.322 e. The van der Waals surface area contributed by atoms with Gasteiger partial charge in [0.1, 0.15) is 12.1 Å². The van der Waals surface area contributed by atoms with E-state index in [9.17, 15) is 9.59 Å². The summed E-state index contributed by atoms with van der Waals surface area (Å²) in [5, 5.41) is 22.9. The Kier molecular flexibility index (Phi) is 6.64. The van der Waals surface area contributed by atoms with Crippen molar-refractivity contribution in [1.82, 2.24) is 10.6 Å². The highest BCUT2D eigenvalue weighted by Crippen LogP contribution is 1.92. The van der Waals surface area contributed by atoms with Crippen LogP contribution in [0.15, 0.2) is 0 Å². The van der Waals surface area contributed by atoms with Crippen molar-refractivity contribution in [2.75, 3.05) is 13.1 Å². The molecule has 0 aliphatic carbocycles. The second kappa shape index (κ2) is 7.19.